The second kappa shape index (κ2) is 3.56. The number of hydrogen-bond donors (Lipinski definition) is 1. The highest BCUT2D eigenvalue weighted by molar-refractivity contribution is 5.53. The lowest BCUT2D eigenvalue weighted by Gasteiger charge is -2.11. The molecule has 0 heterocycles. The summed E-state index contributed by atoms with van der Waals surface area (Å²) in [5.74, 6) is -1.47. The second-order valence-corrected chi connectivity index (χ2v) is 3.66. The van der Waals surface area contributed by atoms with Gasteiger partial charge in [-0.3, -0.25) is 0 Å². The van der Waals surface area contributed by atoms with E-state index in [1.165, 1.54) is 6.07 Å². The Kier molecular flexibility index (Phi) is 2.40. The summed E-state index contributed by atoms with van der Waals surface area (Å²) in [6.45, 7) is 1.83. The largest absolute Gasteiger partial charge is 0.382 e. The van der Waals surface area contributed by atoms with E-state index < -0.39 is 11.6 Å². The fourth-order valence-electron chi connectivity index (χ4n) is 1.52. The Hall–Kier alpha value is -1.12. The van der Waals surface area contributed by atoms with E-state index in [0.717, 1.165) is 18.5 Å². The van der Waals surface area contributed by atoms with Crippen LogP contribution in [-0.4, -0.2) is 6.04 Å². The molecule has 14 heavy (non-hydrogen) atoms. The number of nitrogens with one attached hydrogen (secondary N) is 1. The minimum absolute atomic E-state index is 0.455. The lowest BCUT2D eigenvalue weighted by molar-refractivity contribution is 0.500. The summed E-state index contributed by atoms with van der Waals surface area (Å²) in [5.41, 5.74) is 1.20. The molecule has 76 valence electrons. The Labute approximate surface area is 82.1 Å². The molecule has 1 aliphatic rings. The average molecular weight is 197 g/mol. The highest BCUT2D eigenvalue weighted by atomic mass is 19.2. The molecule has 1 fully saturated rings. The highest BCUT2D eigenvalue weighted by Gasteiger charge is 2.22. The summed E-state index contributed by atoms with van der Waals surface area (Å²) >= 11 is 0. The fourth-order valence-corrected chi connectivity index (χ4v) is 1.52. The van der Waals surface area contributed by atoms with Crippen LogP contribution in [0.3, 0.4) is 0 Å². The molecule has 0 aliphatic heterocycles. The standard InChI is InChI=1S/C11H13F2N/c1-2-8-10(14-7-3-4-7)6-5-9(12)11(8)13/h5-7,14H,2-4H2,1H3. The van der Waals surface area contributed by atoms with E-state index in [1.807, 2.05) is 6.92 Å². The third-order valence-corrected chi connectivity index (χ3v) is 2.49. The van der Waals surface area contributed by atoms with Gasteiger partial charge in [-0.15, -0.1) is 0 Å². The van der Waals surface area contributed by atoms with Gasteiger partial charge in [0.1, 0.15) is 0 Å². The van der Waals surface area contributed by atoms with Crippen molar-refractivity contribution in [2.75, 3.05) is 5.32 Å². The first kappa shape index (κ1) is 9.44. The Morgan fingerprint density at radius 1 is 1.36 bits per heavy atom. The number of benzene rings is 1. The molecule has 0 spiro atoms. The van der Waals surface area contributed by atoms with Gasteiger partial charge in [0.25, 0.3) is 0 Å². The van der Waals surface area contributed by atoms with E-state index in [9.17, 15) is 8.78 Å². The summed E-state index contributed by atoms with van der Waals surface area (Å²) in [5, 5.41) is 3.20. The lowest BCUT2D eigenvalue weighted by atomic mass is 10.1. The third-order valence-electron chi connectivity index (χ3n) is 2.49. The topological polar surface area (TPSA) is 12.0 Å². The summed E-state index contributed by atoms with van der Waals surface area (Å²) in [7, 11) is 0. The van der Waals surface area contributed by atoms with Crippen molar-refractivity contribution in [3.8, 4) is 0 Å². The predicted molar refractivity (Wildman–Crippen MR) is 52.4 cm³/mol. The van der Waals surface area contributed by atoms with Crippen molar-refractivity contribution >= 4 is 5.69 Å². The second-order valence-electron chi connectivity index (χ2n) is 3.66. The lowest BCUT2D eigenvalue weighted by Crippen LogP contribution is -2.06. The van der Waals surface area contributed by atoms with Crippen LogP contribution in [0.5, 0.6) is 0 Å². The van der Waals surface area contributed by atoms with Crippen molar-refractivity contribution in [3.05, 3.63) is 29.3 Å². The van der Waals surface area contributed by atoms with Crippen LogP contribution < -0.4 is 5.32 Å². The maximum Gasteiger partial charge on any atom is 0.164 e. The molecule has 0 atom stereocenters. The van der Waals surface area contributed by atoms with E-state index >= 15 is 0 Å². The zero-order chi connectivity index (χ0) is 10.1. The molecule has 2 rings (SSSR count). The maximum absolute atomic E-state index is 13.3. The molecule has 3 heteroatoms. The van der Waals surface area contributed by atoms with Crippen LogP contribution in [0.1, 0.15) is 25.3 Å². The summed E-state index contributed by atoms with van der Waals surface area (Å²) in [6, 6.07) is 3.26. The molecule has 1 nitrogen and oxygen atoms in total. The molecule has 1 saturated carbocycles. The normalized spacial score (nSPS) is 15.6. The molecule has 0 saturated heterocycles. The van der Waals surface area contributed by atoms with Crippen LogP contribution in [0.25, 0.3) is 0 Å². The number of hydrogen-bond acceptors (Lipinski definition) is 1. The van der Waals surface area contributed by atoms with Gasteiger partial charge in [0.05, 0.1) is 0 Å². The Bertz CT molecular complexity index is 345. The number of anilines is 1. The molecular formula is C11H13F2N. The minimum atomic E-state index is -0.761. The Morgan fingerprint density at radius 2 is 2.07 bits per heavy atom. The van der Waals surface area contributed by atoms with Crippen LogP contribution in [0.2, 0.25) is 0 Å². The zero-order valence-corrected chi connectivity index (χ0v) is 8.11. The van der Waals surface area contributed by atoms with Crippen molar-refractivity contribution in [1.82, 2.24) is 0 Å². The van der Waals surface area contributed by atoms with Crippen LogP contribution in [0.15, 0.2) is 12.1 Å². The van der Waals surface area contributed by atoms with E-state index in [4.69, 9.17) is 0 Å². The number of halogens is 2. The molecular weight excluding hydrogens is 184 g/mol. The average Bonchev–Trinajstić information content (AvgIpc) is 2.96. The van der Waals surface area contributed by atoms with Crippen LogP contribution in [-0.2, 0) is 6.42 Å². The molecule has 0 unspecified atom stereocenters. The van der Waals surface area contributed by atoms with Crippen molar-refractivity contribution in [3.63, 3.8) is 0 Å². The molecule has 0 amide bonds. The van der Waals surface area contributed by atoms with Gasteiger partial charge in [-0.25, -0.2) is 8.78 Å². The van der Waals surface area contributed by atoms with Gasteiger partial charge < -0.3 is 5.32 Å². The van der Waals surface area contributed by atoms with Gasteiger partial charge in [0.15, 0.2) is 11.6 Å². The quantitative estimate of drug-likeness (QED) is 0.785. The predicted octanol–water partition coefficient (Wildman–Crippen LogP) is 3.10. The van der Waals surface area contributed by atoms with Gasteiger partial charge in [-0.1, -0.05) is 6.92 Å². The van der Waals surface area contributed by atoms with Gasteiger partial charge in [0, 0.05) is 17.3 Å². The summed E-state index contributed by atoms with van der Waals surface area (Å²) in [6.07, 6.45) is 2.77. The molecule has 0 radical (unpaired) electrons. The smallest absolute Gasteiger partial charge is 0.164 e. The highest BCUT2D eigenvalue weighted by Crippen LogP contribution is 2.29. The third kappa shape index (κ3) is 1.72. The Morgan fingerprint density at radius 3 is 2.64 bits per heavy atom. The first-order valence-electron chi connectivity index (χ1n) is 4.95. The Balaban J connectivity index is 2.32. The maximum atomic E-state index is 13.3. The van der Waals surface area contributed by atoms with Crippen molar-refractivity contribution in [1.29, 1.82) is 0 Å². The van der Waals surface area contributed by atoms with E-state index in [2.05, 4.69) is 5.32 Å². The van der Waals surface area contributed by atoms with Crippen molar-refractivity contribution < 1.29 is 8.78 Å². The van der Waals surface area contributed by atoms with E-state index in [-0.39, 0.29) is 0 Å². The monoisotopic (exact) mass is 197 g/mol. The fraction of sp³-hybridized carbons (Fsp3) is 0.455. The molecule has 0 bridgehead atoms. The SMILES string of the molecule is CCc1c(NC2CC2)ccc(F)c1F. The molecule has 0 aromatic heterocycles. The first-order valence-corrected chi connectivity index (χ1v) is 4.95. The zero-order valence-electron chi connectivity index (χ0n) is 8.11. The summed E-state index contributed by atoms with van der Waals surface area (Å²) < 4.78 is 26.2. The van der Waals surface area contributed by atoms with Crippen molar-refractivity contribution in [2.45, 2.75) is 32.2 Å². The first-order chi connectivity index (χ1) is 6.72. The van der Waals surface area contributed by atoms with Crippen LogP contribution in [0, 0.1) is 11.6 Å². The van der Waals surface area contributed by atoms with E-state index in [1.54, 1.807) is 6.07 Å². The van der Waals surface area contributed by atoms with Crippen LogP contribution >= 0.6 is 0 Å². The van der Waals surface area contributed by atoms with Gasteiger partial charge >= 0.3 is 0 Å². The van der Waals surface area contributed by atoms with Gasteiger partial charge in [-0.2, -0.15) is 0 Å². The minimum Gasteiger partial charge on any atom is -0.382 e. The van der Waals surface area contributed by atoms with Crippen molar-refractivity contribution in [2.24, 2.45) is 0 Å². The molecule has 1 aromatic rings. The summed E-state index contributed by atoms with van der Waals surface area (Å²) in [4.78, 5) is 0. The van der Waals surface area contributed by atoms with Gasteiger partial charge in [-0.05, 0) is 31.4 Å². The molecule has 1 N–H and O–H groups in total. The molecule has 1 aromatic carbocycles. The van der Waals surface area contributed by atoms with Crippen LogP contribution in [0.4, 0.5) is 14.5 Å². The van der Waals surface area contributed by atoms with Gasteiger partial charge in [0.2, 0.25) is 0 Å². The van der Waals surface area contributed by atoms with E-state index in [0.29, 0.717) is 18.0 Å². The number of rotatable bonds is 3. The molecule has 1 aliphatic carbocycles.